The van der Waals surface area contributed by atoms with E-state index in [1.807, 2.05) is 18.5 Å². The zero-order valence-electron chi connectivity index (χ0n) is 11.3. The predicted molar refractivity (Wildman–Crippen MR) is 78.3 cm³/mol. The number of thiophene rings is 1. The van der Waals surface area contributed by atoms with Crippen LogP contribution in [0.25, 0.3) is 0 Å². The van der Waals surface area contributed by atoms with Crippen LogP contribution in [0, 0.1) is 6.92 Å². The topological polar surface area (TPSA) is 55.2 Å². The molecule has 0 radical (unpaired) electrons. The van der Waals surface area contributed by atoms with E-state index in [0.29, 0.717) is 23.3 Å². The number of hydrogen-bond acceptors (Lipinski definition) is 4. The van der Waals surface area contributed by atoms with Crippen LogP contribution in [-0.4, -0.2) is 35.4 Å². The minimum absolute atomic E-state index is 0.356. The van der Waals surface area contributed by atoms with Gasteiger partial charge < -0.3 is 4.57 Å². The van der Waals surface area contributed by atoms with E-state index in [9.17, 15) is 8.42 Å². The molecule has 0 bridgehead atoms. The lowest BCUT2D eigenvalue weighted by Crippen LogP contribution is -2.38. The van der Waals surface area contributed by atoms with Crippen molar-refractivity contribution < 1.29 is 8.42 Å². The van der Waals surface area contributed by atoms with Crippen LogP contribution < -0.4 is 0 Å². The third-order valence-electron chi connectivity index (χ3n) is 3.67. The van der Waals surface area contributed by atoms with Gasteiger partial charge in [0.25, 0.3) is 10.0 Å². The van der Waals surface area contributed by atoms with E-state index in [0.717, 1.165) is 18.4 Å². The number of aromatic nitrogens is 2. The van der Waals surface area contributed by atoms with Gasteiger partial charge in [0.05, 0.1) is 6.33 Å². The standard InChI is InChI=1S/C13H17N3O2S2/c1-11-8-13(19-9-11)20(17,18)16-5-2-12(3-6-16)15-7-4-14-10-15/h4,7-10,12H,2-3,5-6H2,1H3. The Labute approximate surface area is 122 Å². The van der Waals surface area contributed by atoms with Gasteiger partial charge >= 0.3 is 0 Å². The summed E-state index contributed by atoms with van der Waals surface area (Å²) in [5, 5.41) is 1.88. The molecule has 1 aliphatic heterocycles. The predicted octanol–water partition coefficient (Wildman–Crippen LogP) is 2.28. The number of aryl methyl sites for hydroxylation is 1. The van der Waals surface area contributed by atoms with Crippen LogP contribution in [0.2, 0.25) is 0 Å². The average molecular weight is 311 g/mol. The van der Waals surface area contributed by atoms with E-state index < -0.39 is 10.0 Å². The molecule has 0 amide bonds. The molecular weight excluding hydrogens is 294 g/mol. The summed E-state index contributed by atoms with van der Waals surface area (Å²) in [6, 6.07) is 2.11. The van der Waals surface area contributed by atoms with E-state index in [1.165, 1.54) is 11.3 Å². The smallest absolute Gasteiger partial charge is 0.252 e. The normalized spacial score (nSPS) is 18.4. The Kier molecular flexibility index (Phi) is 3.66. The second-order valence-corrected chi connectivity index (χ2v) is 8.16. The molecule has 0 saturated carbocycles. The van der Waals surface area contributed by atoms with Crippen LogP contribution in [0.4, 0.5) is 0 Å². The second kappa shape index (κ2) is 5.31. The first kappa shape index (κ1) is 13.8. The van der Waals surface area contributed by atoms with Gasteiger partial charge in [-0.05, 0) is 36.8 Å². The lowest BCUT2D eigenvalue weighted by Gasteiger charge is -2.31. The van der Waals surface area contributed by atoms with Gasteiger partial charge in [0, 0.05) is 31.5 Å². The molecule has 2 aromatic heterocycles. The minimum atomic E-state index is -3.31. The largest absolute Gasteiger partial charge is 0.334 e. The van der Waals surface area contributed by atoms with Crippen molar-refractivity contribution in [2.24, 2.45) is 0 Å². The number of imidazole rings is 1. The molecule has 0 unspecified atom stereocenters. The van der Waals surface area contributed by atoms with E-state index in [2.05, 4.69) is 9.55 Å². The Morgan fingerprint density at radius 2 is 2.10 bits per heavy atom. The lowest BCUT2D eigenvalue weighted by atomic mass is 10.1. The highest BCUT2D eigenvalue weighted by molar-refractivity contribution is 7.91. The van der Waals surface area contributed by atoms with E-state index in [4.69, 9.17) is 0 Å². The van der Waals surface area contributed by atoms with Gasteiger partial charge in [-0.3, -0.25) is 0 Å². The lowest BCUT2D eigenvalue weighted by molar-refractivity contribution is 0.274. The number of rotatable bonds is 3. The Morgan fingerprint density at radius 1 is 1.35 bits per heavy atom. The van der Waals surface area contributed by atoms with Crippen molar-refractivity contribution in [2.75, 3.05) is 13.1 Å². The molecule has 0 atom stereocenters. The van der Waals surface area contributed by atoms with Crippen molar-refractivity contribution in [2.45, 2.75) is 30.0 Å². The molecule has 5 nitrogen and oxygen atoms in total. The second-order valence-electron chi connectivity index (χ2n) is 5.09. The summed E-state index contributed by atoms with van der Waals surface area (Å²) in [4.78, 5) is 4.05. The molecule has 1 fully saturated rings. The Balaban J connectivity index is 1.72. The van der Waals surface area contributed by atoms with Crippen LogP contribution in [-0.2, 0) is 10.0 Å². The van der Waals surface area contributed by atoms with Crippen LogP contribution >= 0.6 is 11.3 Å². The van der Waals surface area contributed by atoms with Gasteiger partial charge in [-0.25, -0.2) is 13.4 Å². The molecule has 1 saturated heterocycles. The summed E-state index contributed by atoms with van der Waals surface area (Å²) in [6.07, 6.45) is 7.17. The summed E-state index contributed by atoms with van der Waals surface area (Å²) in [7, 11) is -3.31. The molecule has 2 aromatic rings. The quantitative estimate of drug-likeness (QED) is 0.874. The average Bonchev–Trinajstić information content (AvgIpc) is 3.10. The van der Waals surface area contributed by atoms with Crippen LogP contribution in [0.1, 0.15) is 24.4 Å². The highest BCUT2D eigenvalue weighted by Crippen LogP contribution is 2.29. The third kappa shape index (κ3) is 2.53. The molecule has 3 rings (SSSR count). The maximum Gasteiger partial charge on any atom is 0.252 e. The highest BCUT2D eigenvalue weighted by Gasteiger charge is 2.30. The number of sulfonamides is 1. The fourth-order valence-corrected chi connectivity index (χ4v) is 5.39. The fraction of sp³-hybridized carbons (Fsp3) is 0.462. The van der Waals surface area contributed by atoms with Gasteiger partial charge in [0.2, 0.25) is 0 Å². The molecule has 0 N–H and O–H groups in total. The zero-order chi connectivity index (χ0) is 14.2. The first-order valence-electron chi connectivity index (χ1n) is 6.60. The molecule has 20 heavy (non-hydrogen) atoms. The van der Waals surface area contributed by atoms with Gasteiger partial charge in [0.15, 0.2) is 0 Å². The van der Waals surface area contributed by atoms with Crippen molar-refractivity contribution in [3.05, 3.63) is 35.7 Å². The maximum atomic E-state index is 12.5. The van der Waals surface area contributed by atoms with Crippen LogP contribution in [0.3, 0.4) is 0 Å². The molecule has 1 aliphatic rings. The van der Waals surface area contributed by atoms with E-state index >= 15 is 0 Å². The number of piperidine rings is 1. The molecule has 0 aromatic carbocycles. The van der Waals surface area contributed by atoms with Gasteiger partial charge in [-0.1, -0.05) is 0 Å². The van der Waals surface area contributed by atoms with E-state index in [-0.39, 0.29) is 0 Å². The zero-order valence-corrected chi connectivity index (χ0v) is 12.9. The summed E-state index contributed by atoms with van der Waals surface area (Å²) >= 11 is 1.30. The summed E-state index contributed by atoms with van der Waals surface area (Å²) in [6.45, 7) is 3.06. The molecule has 0 aliphatic carbocycles. The summed E-state index contributed by atoms with van der Waals surface area (Å²) in [5.74, 6) is 0. The summed E-state index contributed by atoms with van der Waals surface area (Å²) in [5.41, 5.74) is 1.00. The van der Waals surface area contributed by atoms with Crippen molar-refractivity contribution in [1.82, 2.24) is 13.9 Å². The third-order valence-corrected chi connectivity index (χ3v) is 7.10. The summed E-state index contributed by atoms with van der Waals surface area (Å²) < 4.78 is 29.1. The maximum absolute atomic E-state index is 12.5. The Morgan fingerprint density at radius 3 is 2.65 bits per heavy atom. The van der Waals surface area contributed by atoms with Gasteiger partial charge in [0.1, 0.15) is 4.21 Å². The monoisotopic (exact) mass is 311 g/mol. The Bertz CT molecular complexity index is 668. The van der Waals surface area contributed by atoms with Crippen molar-refractivity contribution in [3.63, 3.8) is 0 Å². The minimum Gasteiger partial charge on any atom is -0.334 e. The van der Waals surface area contributed by atoms with Gasteiger partial charge in [-0.15, -0.1) is 11.3 Å². The highest BCUT2D eigenvalue weighted by atomic mass is 32.2. The fourth-order valence-electron chi connectivity index (χ4n) is 2.53. The molecule has 0 spiro atoms. The van der Waals surface area contributed by atoms with Crippen molar-refractivity contribution in [3.8, 4) is 0 Å². The number of hydrogen-bond donors (Lipinski definition) is 0. The first-order valence-corrected chi connectivity index (χ1v) is 8.92. The van der Waals surface area contributed by atoms with Gasteiger partial charge in [-0.2, -0.15) is 4.31 Å². The Hall–Kier alpha value is -1.18. The molecule has 108 valence electrons. The number of nitrogens with zero attached hydrogens (tertiary/aromatic N) is 3. The van der Waals surface area contributed by atoms with Crippen molar-refractivity contribution in [1.29, 1.82) is 0 Å². The van der Waals surface area contributed by atoms with E-state index in [1.54, 1.807) is 22.9 Å². The van der Waals surface area contributed by atoms with Crippen LogP contribution in [0.5, 0.6) is 0 Å². The SMILES string of the molecule is Cc1csc(S(=O)(=O)N2CCC(n3ccnc3)CC2)c1. The van der Waals surface area contributed by atoms with Crippen molar-refractivity contribution >= 4 is 21.4 Å². The van der Waals surface area contributed by atoms with Crippen LogP contribution in [0.15, 0.2) is 34.4 Å². The molecule has 3 heterocycles. The molecule has 7 heteroatoms. The first-order chi connectivity index (χ1) is 9.57. The molecular formula is C13H17N3O2S2.